The maximum absolute atomic E-state index is 12.3. The number of piperazine rings is 1. The van der Waals surface area contributed by atoms with Crippen LogP contribution in [0.5, 0.6) is 0 Å². The van der Waals surface area contributed by atoms with Gasteiger partial charge in [0.2, 0.25) is 0 Å². The summed E-state index contributed by atoms with van der Waals surface area (Å²) in [4.78, 5) is 4.00. The second kappa shape index (κ2) is 4.40. The fourth-order valence-corrected chi connectivity index (χ4v) is 4.63. The van der Waals surface area contributed by atoms with Crippen LogP contribution in [0.2, 0.25) is 0 Å². The Morgan fingerprint density at radius 2 is 2.38 bits per heavy atom. The quantitative estimate of drug-likeness (QED) is 0.839. The summed E-state index contributed by atoms with van der Waals surface area (Å²) in [6.07, 6.45) is 1.45. The molecule has 1 aliphatic rings. The molecule has 90 valence electrons. The number of hydrogen-bond donors (Lipinski definition) is 1. The zero-order chi connectivity index (χ0) is 11.8. The van der Waals surface area contributed by atoms with Crippen LogP contribution < -0.4 is 5.32 Å². The number of nitrogens with one attached hydrogen (secondary N) is 1. The van der Waals surface area contributed by atoms with E-state index in [4.69, 9.17) is 0 Å². The molecule has 1 N–H and O–H groups in total. The molecule has 0 amide bonds. The summed E-state index contributed by atoms with van der Waals surface area (Å²) in [6, 6.07) is 0.00107. The fraction of sp³-hybridized carbons (Fsp3) is 0.667. The topological polar surface area (TPSA) is 62.3 Å². The first-order valence-corrected chi connectivity index (χ1v) is 7.42. The molecular formula is C9H15N3O2S2. The number of aryl methyl sites for hydroxylation is 1. The standard InChI is InChI=1S/C9H15N3O2S2/c1-7-5-10-3-4-12(7)16(13,14)9-6-11-8(2)15-9/h6-7,10H,3-5H2,1-2H3. The van der Waals surface area contributed by atoms with Crippen molar-refractivity contribution in [2.45, 2.75) is 24.1 Å². The van der Waals surface area contributed by atoms with Crippen LogP contribution in [0.25, 0.3) is 0 Å². The van der Waals surface area contributed by atoms with E-state index in [1.54, 1.807) is 4.31 Å². The summed E-state index contributed by atoms with van der Waals surface area (Å²) in [7, 11) is -3.34. The summed E-state index contributed by atoms with van der Waals surface area (Å²) in [6.45, 7) is 5.67. The summed E-state index contributed by atoms with van der Waals surface area (Å²) in [5.74, 6) is 0. The van der Waals surface area contributed by atoms with E-state index in [-0.39, 0.29) is 6.04 Å². The van der Waals surface area contributed by atoms with Crippen LogP contribution in [0.15, 0.2) is 10.4 Å². The predicted octanol–water partition coefficient (Wildman–Crippen LogP) is 0.434. The summed E-state index contributed by atoms with van der Waals surface area (Å²) >= 11 is 1.23. The Morgan fingerprint density at radius 1 is 1.62 bits per heavy atom. The van der Waals surface area contributed by atoms with E-state index in [0.29, 0.717) is 23.8 Å². The normalized spacial score (nSPS) is 23.5. The van der Waals surface area contributed by atoms with Crippen LogP contribution in [0.1, 0.15) is 11.9 Å². The minimum absolute atomic E-state index is 0.00107. The van der Waals surface area contributed by atoms with Gasteiger partial charge in [-0.3, -0.25) is 0 Å². The van der Waals surface area contributed by atoms with Crippen molar-refractivity contribution in [1.29, 1.82) is 0 Å². The van der Waals surface area contributed by atoms with Gasteiger partial charge in [0.15, 0.2) is 4.21 Å². The lowest BCUT2D eigenvalue weighted by atomic mass is 10.3. The third kappa shape index (κ3) is 2.13. The van der Waals surface area contributed by atoms with Crippen molar-refractivity contribution in [3.8, 4) is 0 Å². The molecule has 1 saturated heterocycles. The van der Waals surface area contributed by atoms with Gasteiger partial charge in [0.05, 0.1) is 11.2 Å². The van der Waals surface area contributed by atoms with Crippen LogP contribution in [-0.2, 0) is 10.0 Å². The third-order valence-corrected chi connectivity index (χ3v) is 5.97. The lowest BCUT2D eigenvalue weighted by Crippen LogP contribution is -2.51. The number of rotatable bonds is 2. The average molecular weight is 261 g/mol. The average Bonchev–Trinajstić information content (AvgIpc) is 2.66. The van der Waals surface area contributed by atoms with Crippen molar-refractivity contribution in [2.75, 3.05) is 19.6 Å². The highest BCUT2D eigenvalue weighted by Gasteiger charge is 2.32. The number of aromatic nitrogens is 1. The van der Waals surface area contributed by atoms with Gasteiger partial charge in [-0.05, 0) is 13.8 Å². The third-order valence-electron chi connectivity index (χ3n) is 2.60. The molecule has 2 heterocycles. The molecule has 0 aliphatic carbocycles. The van der Waals surface area contributed by atoms with Crippen LogP contribution in [0, 0.1) is 6.92 Å². The highest BCUT2D eigenvalue weighted by Crippen LogP contribution is 2.24. The lowest BCUT2D eigenvalue weighted by molar-refractivity contribution is 0.284. The molecule has 0 saturated carbocycles. The number of hydrogen-bond acceptors (Lipinski definition) is 5. The molecule has 1 fully saturated rings. The van der Waals surface area contributed by atoms with Gasteiger partial charge in [-0.15, -0.1) is 11.3 Å². The summed E-state index contributed by atoms with van der Waals surface area (Å²) in [5.41, 5.74) is 0. The van der Waals surface area contributed by atoms with E-state index in [0.717, 1.165) is 5.01 Å². The monoisotopic (exact) mass is 261 g/mol. The molecular weight excluding hydrogens is 246 g/mol. The Bertz CT molecular complexity index is 469. The van der Waals surface area contributed by atoms with Crippen molar-refractivity contribution >= 4 is 21.4 Å². The minimum atomic E-state index is -3.34. The van der Waals surface area contributed by atoms with Crippen LogP contribution in [-0.4, -0.2) is 43.4 Å². The van der Waals surface area contributed by atoms with Crippen molar-refractivity contribution in [3.05, 3.63) is 11.2 Å². The van der Waals surface area contributed by atoms with Gasteiger partial charge < -0.3 is 5.32 Å². The van der Waals surface area contributed by atoms with Crippen LogP contribution >= 0.6 is 11.3 Å². The van der Waals surface area contributed by atoms with Gasteiger partial charge >= 0.3 is 0 Å². The van der Waals surface area contributed by atoms with Gasteiger partial charge in [-0.2, -0.15) is 4.31 Å². The van der Waals surface area contributed by atoms with E-state index < -0.39 is 10.0 Å². The van der Waals surface area contributed by atoms with Gasteiger partial charge in [-0.1, -0.05) is 0 Å². The van der Waals surface area contributed by atoms with Gasteiger partial charge in [-0.25, -0.2) is 13.4 Å². The summed E-state index contributed by atoms with van der Waals surface area (Å²) < 4.78 is 26.5. The first-order valence-electron chi connectivity index (χ1n) is 5.17. The second-order valence-corrected chi connectivity index (χ2v) is 7.22. The number of thiazole rings is 1. The Labute approximate surface area is 99.5 Å². The van der Waals surface area contributed by atoms with E-state index in [1.807, 2.05) is 13.8 Å². The molecule has 1 aliphatic heterocycles. The molecule has 0 spiro atoms. The highest BCUT2D eigenvalue weighted by molar-refractivity contribution is 7.91. The van der Waals surface area contributed by atoms with E-state index in [2.05, 4.69) is 10.3 Å². The Kier molecular flexibility index (Phi) is 3.29. The lowest BCUT2D eigenvalue weighted by Gasteiger charge is -2.32. The van der Waals surface area contributed by atoms with Crippen molar-refractivity contribution in [3.63, 3.8) is 0 Å². The summed E-state index contributed by atoms with van der Waals surface area (Å²) in [5, 5.41) is 3.95. The zero-order valence-electron chi connectivity index (χ0n) is 9.30. The molecule has 2 rings (SSSR count). The van der Waals surface area contributed by atoms with Crippen LogP contribution in [0.4, 0.5) is 0 Å². The highest BCUT2D eigenvalue weighted by atomic mass is 32.2. The Balaban J connectivity index is 2.31. The molecule has 7 heteroatoms. The molecule has 0 aromatic carbocycles. The molecule has 1 unspecified atom stereocenters. The SMILES string of the molecule is Cc1ncc(S(=O)(=O)N2CCNCC2C)s1. The maximum Gasteiger partial charge on any atom is 0.254 e. The molecule has 1 atom stereocenters. The van der Waals surface area contributed by atoms with E-state index in [9.17, 15) is 8.42 Å². The predicted molar refractivity (Wildman–Crippen MR) is 63.1 cm³/mol. The molecule has 5 nitrogen and oxygen atoms in total. The molecule has 0 radical (unpaired) electrons. The molecule has 0 bridgehead atoms. The van der Waals surface area contributed by atoms with Gasteiger partial charge in [0.1, 0.15) is 0 Å². The number of nitrogens with zero attached hydrogens (tertiary/aromatic N) is 2. The second-order valence-electron chi connectivity index (χ2n) is 3.87. The van der Waals surface area contributed by atoms with Gasteiger partial charge in [0, 0.05) is 25.7 Å². The first-order chi connectivity index (χ1) is 7.51. The Morgan fingerprint density at radius 3 is 2.94 bits per heavy atom. The Hall–Kier alpha value is -0.500. The zero-order valence-corrected chi connectivity index (χ0v) is 10.9. The minimum Gasteiger partial charge on any atom is -0.314 e. The number of sulfonamides is 1. The fourth-order valence-electron chi connectivity index (χ4n) is 1.76. The van der Waals surface area contributed by atoms with Gasteiger partial charge in [0.25, 0.3) is 10.0 Å². The van der Waals surface area contributed by atoms with E-state index >= 15 is 0 Å². The molecule has 1 aromatic rings. The van der Waals surface area contributed by atoms with Crippen molar-refractivity contribution < 1.29 is 8.42 Å². The largest absolute Gasteiger partial charge is 0.314 e. The molecule has 16 heavy (non-hydrogen) atoms. The van der Waals surface area contributed by atoms with Crippen molar-refractivity contribution in [2.24, 2.45) is 0 Å². The van der Waals surface area contributed by atoms with Crippen molar-refractivity contribution in [1.82, 2.24) is 14.6 Å². The molecule has 1 aromatic heterocycles. The maximum atomic E-state index is 12.3. The smallest absolute Gasteiger partial charge is 0.254 e. The van der Waals surface area contributed by atoms with E-state index in [1.165, 1.54) is 17.5 Å². The first kappa shape index (κ1) is 12.0. The van der Waals surface area contributed by atoms with Crippen LogP contribution in [0.3, 0.4) is 0 Å².